The number of benzene rings is 2. The van der Waals surface area contributed by atoms with Crippen LogP contribution in [0.4, 0.5) is 0 Å². The van der Waals surface area contributed by atoms with Crippen molar-refractivity contribution in [3.63, 3.8) is 0 Å². The summed E-state index contributed by atoms with van der Waals surface area (Å²) in [5.41, 5.74) is 1.25. The standard InChI is InChI=1S/C23H30N2O6S/c1-29-19-9-7-17(15-21(19)31-3)11-12-24-23(26)18-8-10-20(30-2)22(16-18)32(27,28)25-13-5-4-6-14-25/h7-10,15-16H,4-6,11-14H2,1-3H3,(H,24,26). The highest BCUT2D eigenvalue weighted by Crippen LogP contribution is 2.30. The van der Waals surface area contributed by atoms with Crippen LogP contribution in [0.15, 0.2) is 41.3 Å². The molecular weight excluding hydrogens is 432 g/mol. The maximum atomic E-state index is 13.1. The lowest BCUT2D eigenvalue weighted by Crippen LogP contribution is -2.36. The first-order chi connectivity index (χ1) is 15.4. The molecule has 0 aliphatic carbocycles. The summed E-state index contributed by atoms with van der Waals surface area (Å²) < 4.78 is 43.6. The van der Waals surface area contributed by atoms with Crippen molar-refractivity contribution in [3.8, 4) is 17.2 Å². The minimum Gasteiger partial charge on any atom is -0.495 e. The van der Waals surface area contributed by atoms with Crippen LogP contribution in [-0.2, 0) is 16.4 Å². The van der Waals surface area contributed by atoms with Crippen LogP contribution in [0.3, 0.4) is 0 Å². The number of ether oxygens (including phenoxy) is 3. The molecule has 1 saturated heterocycles. The van der Waals surface area contributed by atoms with Crippen LogP contribution in [-0.4, -0.2) is 59.6 Å². The predicted octanol–water partition coefficient (Wildman–Crippen LogP) is 2.86. The summed E-state index contributed by atoms with van der Waals surface area (Å²) in [7, 11) is 0.836. The van der Waals surface area contributed by atoms with Crippen LogP contribution >= 0.6 is 0 Å². The Kier molecular flexibility index (Phi) is 7.98. The first kappa shape index (κ1) is 23.9. The van der Waals surface area contributed by atoms with E-state index in [4.69, 9.17) is 14.2 Å². The number of methoxy groups -OCH3 is 3. The molecule has 0 spiro atoms. The molecule has 1 N–H and O–H groups in total. The quantitative estimate of drug-likeness (QED) is 0.616. The predicted molar refractivity (Wildman–Crippen MR) is 121 cm³/mol. The van der Waals surface area contributed by atoms with Gasteiger partial charge in [0.1, 0.15) is 10.6 Å². The smallest absolute Gasteiger partial charge is 0.251 e. The van der Waals surface area contributed by atoms with E-state index in [1.807, 2.05) is 18.2 Å². The number of carbonyl (C=O) groups excluding carboxylic acids is 1. The third kappa shape index (κ3) is 5.34. The fourth-order valence-corrected chi connectivity index (χ4v) is 5.42. The zero-order valence-electron chi connectivity index (χ0n) is 18.7. The molecule has 174 valence electrons. The van der Waals surface area contributed by atoms with Crippen molar-refractivity contribution >= 4 is 15.9 Å². The van der Waals surface area contributed by atoms with Crippen LogP contribution in [0.1, 0.15) is 35.2 Å². The van der Waals surface area contributed by atoms with Gasteiger partial charge in [0, 0.05) is 25.2 Å². The Morgan fingerprint density at radius 1 is 0.906 bits per heavy atom. The van der Waals surface area contributed by atoms with Crippen molar-refractivity contribution in [2.45, 2.75) is 30.6 Å². The lowest BCUT2D eigenvalue weighted by atomic mass is 10.1. The van der Waals surface area contributed by atoms with Crippen molar-refractivity contribution in [2.75, 3.05) is 41.0 Å². The molecule has 1 fully saturated rings. The highest BCUT2D eigenvalue weighted by molar-refractivity contribution is 7.89. The number of nitrogens with one attached hydrogen (secondary N) is 1. The van der Waals surface area contributed by atoms with Gasteiger partial charge in [-0.15, -0.1) is 0 Å². The SMILES string of the molecule is COc1ccc(CCNC(=O)c2ccc(OC)c(S(=O)(=O)N3CCCCC3)c2)cc1OC. The molecule has 32 heavy (non-hydrogen) atoms. The molecule has 1 amide bonds. The molecule has 3 rings (SSSR count). The highest BCUT2D eigenvalue weighted by Gasteiger charge is 2.29. The van der Waals surface area contributed by atoms with E-state index in [0.29, 0.717) is 37.6 Å². The molecule has 1 aliphatic rings. The molecule has 1 heterocycles. The average molecular weight is 463 g/mol. The number of sulfonamides is 1. The van der Waals surface area contributed by atoms with Crippen molar-refractivity contribution < 1.29 is 27.4 Å². The van der Waals surface area contributed by atoms with E-state index in [1.54, 1.807) is 20.3 Å². The van der Waals surface area contributed by atoms with E-state index in [-0.39, 0.29) is 22.1 Å². The number of carbonyl (C=O) groups is 1. The van der Waals surface area contributed by atoms with Crippen LogP contribution in [0.5, 0.6) is 17.2 Å². The van der Waals surface area contributed by atoms with E-state index in [9.17, 15) is 13.2 Å². The Morgan fingerprint density at radius 2 is 1.56 bits per heavy atom. The van der Waals surface area contributed by atoms with Gasteiger partial charge in [0.15, 0.2) is 11.5 Å². The maximum Gasteiger partial charge on any atom is 0.251 e. The normalized spacial score (nSPS) is 14.6. The Hall–Kier alpha value is -2.78. The molecule has 0 saturated carbocycles. The lowest BCUT2D eigenvalue weighted by molar-refractivity contribution is 0.0954. The third-order valence-corrected chi connectivity index (χ3v) is 7.43. The van der Waals surface area contributed by atoms with Gasteiger partial charge in [-0.2, -0.15) is 4.31 Å². The fraction of sp³-hybridized carbons (Fsp3) is 0.435. The van der Waals surface area contributed by atoms with E-state index in [2.05, 4.69) is 5.32 Å². The maximum absolute atomic E-state index is 13.1. The van der Waals surface area contributed by atoms with Gasteiger partial charge in [-0.05, 0) is 55.2 Å². The number of hydrogen-bond donors (Lipinski definition) is 1. The number of piperidine rings is 1. The summed E-state index contributed by atoms with van der Waals surface area (Å²) in [5.74, 6) is 1.15. The largest absolute Gasteiger partial charge is 0.495 e. The summed E-state index contributed by atoms with van der Waals surface area (Å²) in [6.45, 7) is 1.34. The first-order valence-electron chi connectivity index (χ1n) is 10.6. The van der Waals surface area contributed by atoms with Crippen molar-refractivity contribution in [3.05, 3.63) is 47.5 Å². The molecule has 8 nitrogen and oxygen atoms in total. The molecule has 0 bridgehead atoms. The number of amides is 1. The van der Waals surface area contributed by atoms with Crippen LogP contribution < -0.4 is 19.5 Å². The Balaban J connectivity index is 1.71. The molecule has 0 aromatic heterocycles. The van der Waals surface area contributed by atoms with Crippen LogP contribution in [0, 0.1) is 0 Å². The zero-order chi connectivity index (χ0) is 23.1. The summed E-state index contributed by atoms with van der Waals surface area (Å²) in [5, 5.41) is 2.85. The van der Waals surface area contributed by atoms with E-state index in [1.165, 1.54) is 23.5 Å². The Bertz CT molecular complexity index is 1050. The van der Waals surface area contributed by atoms with Gasteiger partial charge in [0.25, 0.3) is 5.91 Å². The molecule has 0 unspecified atom stereocenters. The van der Waals surface area contributed by atoms with Crippen molar-refractivity contribution in [2.24, 2.45) is 0 Å². The molecule has 9 heteroatoms. The highest BCUT2D eigenvalue weighted by atomic mass is 32.2. The van der Waals surface area contributed by atoms with Gasteiger partial charge in [0.2, 0.25) is 10.0 Å². The Morgan fingerprint density at radius 3 is 2.22 bits per heavy atom. The molecule has 2 aromatic rings. The number of rotatable bonds is 9. The molecular formula is C23H30N2O6S. The number of nitrogens with zero attached hydrogens (tertiary/aromatic N) is 1. The topological polar surface area (TPSA) is 94.2 Å². The van der Waals surface area contributed by atoms with Gasteiger partial charge in [0.05, 0.1) is 21.3 Å². The minimum absolute atomic E-state index is 0.0226. The summed E-state index contributed by atoms with van der Waals surface area (Å²) in [6.07, 6.45) is 3.27. The fourth-order valence-electron chi connectivity index (χ4n) is 3.72. The summed E-state index contributed by atoms with van der Waals surface area (Å²) >= 11 is 0. The zero-order valence-corrected chi connectivity index (χ0v) is 19.5. The van der Waals surface area contributed by atoms with Crippen LogP contribution in [0.25, 0.3) is 0 Å². The first-order valence-corrected chi connectivity index (χ1v) is 12.0. The number of hydrogen-bond acceptors (Lipinski definition) is 6. The second kappa shape index (κ2) is 10.7. The van der Waals surface area contributed by atoms with Crippen LogP contribution in [0.2, 0.25) is 0 Å². The third-order valence-electron chi connectivity index (χ3n) is 5.51. The molecule has 0 atom stereocenters. The van der Waals surface area contributed by atoms with Gasteiger partial charge in [-0.3, -0.25) is 4.79 Å². The molecule has 0 radical (unpaired) electrons. The van der Waals surface area contributed by atoms with Crippen molar-refractivity contribution in [1.29, 1.82) is 0 Å². The summed E-state index contributed by atoms with van der Waals surface area (Å²) in [6, 6.07) is 10.1. The van der Waals surface area contributed by atoms with Gasteiger partial charge in [-0.1, -0.05) is 12.5 Å². The average Bonchev–Trinajstić information content (AvgIpc) is 2.83. The van der Waals surface area contributed by atoms with Crippen molar-refractivity contribution in [1.82, 2.24) is 9.62 Å². The lowest BCUT2D eigenvalue weighted by Gasteiger charge is -2.26. The van der Waals surface area contributed by atoms with E-state index >= 15 is 0 Å². The molecule has 2 aromatic carbocycles. The van der Waals surface area contributed by atoms with Gasteiger partial charge in [-0.25, -0.2) is 8.42 Å². The van der Waals surface area contributed by atoms with E-state index < -0.39 is 10.0 Å². The molecule has 1 aliphatic heterocycles. The summed E-state index contributed by atoms with van der Waals surface area (Å²) in [4.78, 5) is 12.7. The van der Waals surface area contributed by atoms with Gasteiger partial charge < -0.3 is 19.5 Å². The van der Waals surface area contributed by atoms with E-state index in [0.717, 1.165) is 24.8 Å². The second-order valence-corrected chi connectivity index (χ2v) is 9.43. The minimum atomic E-state index is -3.74. The Labute approximate surface area is 189 Å². The van der Waals surface area contributed by atoms with Gasteiger partial charge >= 0.3 is 0 Å². The second-order valence-electron chi connectivity index (χ2n) is 7.53. The monoisotopic (exact) mass is 462 g/mol.